The number of ether oxygens (including phenoxy) is 2. The van der Waals surface area contributed by atoms with Gasteiger partial charge in [-0.2, -0.15) is 0 Å². The molecule has 9 heteroatoms. The first-order chi connectivity index (χ1) is 7.84. The number of carboxylic acids is 1. The van der Waals surface area contributed by atoms with Crippen LogP contribution in [0.1, 0.15) is 13.8 Å². The first-order valence-corrected chi connectivity index (χ1v) is 5.77. The van der Waals surface area contributed by atoms with Gasteiger partial charge in [-0.1, -0.05) is 13.8 Å². The van der Waals surface area contributed by atoms with E-state index in [4.69, 9.17) is 10.8 Å². The normalized spacial score (nSPS) is 11.3. The third-order valence-corrected chi connectivity index (χ3v) is 2.43. The zero-order chi connectivity index (χ0) is 13.4. The highest BCUT2D eigenvalue weighted by molar-refractivity contribution is 8.13. The Balaban J connectivity index is 0. The fraction of sp³-hybridized carbons (Fsp3) is 0.667. The number of hydrogen-bond acceptors (Lipinski definition) is 7. The van der Waals surface area contributed by atoms with Crippen LogP contribution in [0.2, 0.25) is 0 Å². The van der Waals surface area contributed by atoms with E-state index < -0.39 is 30.1 Å². The van der Waals surface area contributed by atoms with E-state index in [1.807, 2.05) is 0 Å². The van der Waals surface area contributed by atoms with E-state index >= 15 is 0 Å². The maximum atomic E-state index is 11.0. The summed E-state index contributed by atoms with van der Waals surface area (Å²) in [6, 6.07) is -1.13. The van der Waals surface area contributed by atoms with E-state index in [2.05, 4.69) is 9.47 Å². The minimum Gasteiger partial charge on any atom is -0.480 e. The first-order valence-electron chi connectivity index (χ1n) is 4.79. The maximum Gasteiger partial charge on any atom is 0.370 e. The highest BCUT2D eigenvalue weighted by Gasteiger charge is 2.15. The zero-order valence-corrected chi connectivity index (χ0v) is 11.6. The quantitative estimate of drug-likeness (QED) is 0.548. The van der Waals surface area contributed by atoms with Gasteiger partial charge in [0.15, 0.2) is 0 Å². The number of aliphatic carboxylic acids is 1. The Kier molecular flexibility index (Phi) is 10.7. The van der Waals surface area contributed by atoms with Gasteiger partial charge >= 0.3 is 17.2 Å². The Bertz CT molecular complexity index is 299. The highest BCUT2D eigenvalue weighted by Crippen LogP contribution is 2.07. The van der Waals surface area contributed by atoms with Crippen molar-refractivity contribution in [2.45, 2.75) is 19.9 Å². The summed E-state index contributed by atoms with van der Waals surface area (Å²) in [4.78, 5) is 32.3. The number of esters is 1. The van der Waals surface area contributed by atoms with Gasteiger partial charge in [-0.15, -0.1) is 12.4 Å². The smallest absolute Gasteiger partial charge is 0.370 e. The fourth-order valence-corrected chi connectivity index (χ4v) is 1.16. The minimum atomic E-state index is -1.20. The standard InChI is InChI=1S/C9H15NO6S.ClH/c1-5(2)8(13)15-4-16-9(14)17-3-6(10)7(11)12;/h5-6H,3-4,10H2,1-2H3,(H,11,12);1H. The molecule has 0 aliphatic heterocycles. The largest absolute Gasteiger partial charge is 0.480 e. The number of halogens is 1. The topological polar surface area (TPSA) is 116 Å². The molecule has 0 heterocycles. The lowest BCUT2D eigenvalue weighted by Gasteiger charge is -2.08. The Morgan fingerprint density at radius 3 is 2.28 bits per heavy atom. The first kappa shape index (κ1) is 19.4. The van der Waals surface area contributed by atoms with E-state index in [1.165, 1.54) is 0 Å². The van der Waals surface area contributed by atoms with Crippen LogP contribution >= 0.6 is 24.2 Å². The van der Waals surface area contributed by atoms with Gasteiger partial charge in [0.05, 0.1) is 5.92 Å². The Hall–Kier alpha value is -0.990. The second-order valence-electron chi connectivity index (χ2n) is 3.39. The SMILES string of the molecule is CC(C)C(=O)OCOC(=O)SCC(N)C(=O)O.Cl. The maximum absolute atomic E-state index is 11.0. The van der Waals surface area contributed by atoms with Crippen LogP contribution in [0.5, 0.6) is 0 Å². The van der Waals surface area contributed by atoms with Crippen molar-refractivity contribution in [1.29, 1.82) is 0 Å². The Morgan fingerprint density at radius 2 is 1.83 bits per heavy atom. The van der Waals surface area contributed by atoms with Gasteiger partial charge in [-0.25, -0.2) is 4.79 Å². The molecule has 106 valence electrons. The molecule has 0 aromatic carbocycles. The highest BCUT2D eigenvalue weighted by atomic mass is 35.5. The molecule has 0 spiro atoms. The lowest BCUT2D eigenvalue weighted by Crippen LogP contribution is -2.33. The lowest BCUT2D eigenvalue weighted by molar-refractivity contribution is -0.155. The molecule has 0 bridgehead atoms. The van der Waals surface area contributed by atoms with Crippen LogP contribution in [-0.4, -0.2) is 40.9 Å². The number of rotatable bonds is 6. The van der Waals surface area contributed by atoms with Crippen molar-refractivity contribution in [3.05, 3.63) is 0 Å². The molecule has 0 radical (unpaired) electrons. The molecule has 0 aromatic heterocycles. The molecule has 0 saturated heterocycles. The minimum absolute atomic E-state index is 0. The molecular weight excluding hydrogens is 286 g/mol. The summed E-state index contributed by atoms with van der Waals surface area (Å²) < 4.78 is 9.11. The molecule has 0 amide bonds. The summed E-state index contributed by atoms with van der Waals surface area (Å²) in [7, 11) is 0. The van der Waals surface area contributed by atoms with Crippen LogP contribution in [-0.2, 0) is 19.1 Å². The number of carboxylic acid groups (broad SMARTS) is 1. The van der Waals surface area contributed by atoms with Gasteiger partial charge in [0.1, 0.15) is 6.04 Å². The van der Waals surface area contributed by atoms with Gasteiger partial charge in [0, 0.05) is 5.75 Å². The summed E-state index contributed by atoms with van der Waals surface area (Å²) in [6.07, 6.45) is 0. The molecule has 0 rings (SSSR count). The van der Waals surface area contributed by atoms with Crippen LogP contribution in [0.15, 0.2) is 0 Å². The van der Waals surface area contributed by atoms with E-state index in [9.17, 15) is 14.4 Å². The van der Waals surface area contributed by atoms with Crippen molar-refractivity contribution in [1.82, 2.24) is 0 Å². The predicted molar refractivity (Wildman–Crippen MR) is 67.6 cm³/mol. The third kappa shape index (κ3) is 9.08. The molecule has 3 N–H and O–H groups in total. The predicted octanol–water partition coefficient (Wildman–Crippen LogP) is 0.847. The second kappa shape index (κ2) is 9.98. The van der Waals surface area contributed by atoms with Gasteiger partial charge in [0.2, 0.25) is 6.79 Å². The van der Waals surface area contributed by atoms with E-state index in [0.29, 0.717) is 11.8 Å². The monoisotopic (exact) mass is 301 g/mol. The van der Waals surface area contributed by atoms with Gasteiger partial charge in [-0.05, 0) is 11.8 Å². The van der Waals surface area contributed by atoms with Crippen molar-refractivity contribution in [2.75, 3.05) is 12.5 Å². The molecule has 0 fully saturated rings. The van der Waals surface area contributed by atoms with E-state index in [-0.39, 0.29) is 24.1 Å². The summed E-state index contributed by atoms with van der Waals surface area (Å²) in [5, 5.41) is 7.71. The Morgan fingerprint density at radius 1 is 1.28 bits per heavy atom. The van der Waals surface area contributed by atoms with Crippen molar-refractivity contribution in [3.8, 4) is 0 Å². The Labute approximate surface area is 115 Å². The van der Waals surface area contributed by atoms with Crippen molar-refractivity contribution in [3.63, 3.8) is 0 Å². The molecule has 7 nitrogen and oxygen atoms in total. The molecule has 0 aliphatic carbocycles. The second-order valence-corrected chi connectivity index (χ2v) is 4.34. The molecule has 1 unspecified atom stereocenters. The molecule has 0 aliphatic rings. The molecule has 0 saturated carbocycles. The van der Waals surface area contributed by atoms with E-state index in [1.54, 1.807) is 13.8 Å². The van der Waals surface area contributed by atoms with Crippen LogP contribution in [0, 0.1) is 5.92 Å². The van der Waals surface area contributed by atoms with Gasteiger partial charge in [0.25, 0.3) is 0 Å². The zero-order valence-electron chi connectivity index (χ0n) is 9.95. The molecule has 0 aromatic rings. The summed E-state index contributed by atoms with van der Waals surface area (Å²) in [6.45, 7) is 2.81. The summed E-state index contributed by atoms with van der Waals surface area (Å²) in [5.41, 5.74) is 5.17. The van der Waals surface area contributed by atoms with Crippen molar-refractivity contribution >= 4 is 41.4 Å². The summed E-state index contributed by atoms with van der Waals surface area (Å²) >= 11 is 0.615. The van der Waals surface area contributed by atoms with Crippen molar-refractivity contribution < 1.29 is 29.0 Å². The number of carbonyl (C=O) groups excluding carboxylic acids is 2. The van der Waals surface area contributed by atoms with E-state index in [0.717, 1.165) is 0 Å². The molecule has 1 atom stereocenters. The van der Waals surface area contributed by atoms with Crippen LogP contribution in [0.25, 0.3) is 0 Å². The average molecular weight is 302 g/mol. The fourth-order valence-electron chi connectivity index (χ4n) is 0.573. The molecular formula is C9H16ClNO6S. The molecule has 18 heavy (non-hydrogen) atoms. The number of nitrogens with two attached hydrogens (primary N) is 1. The summed E-state index contributed by atoms with van der Waals surface area (Å²) in [5.74, 6) is -2.09. The number of carbonyl (C=O) groups is 3. The van der Waals surface area contributed by atoms with Crippen LogP contribution in [0.3, 0.4) is 0 Å². The third-order valence-electron chi connectivity index (χ3n) is 1.55. The van der Waals surface area contributed by atoms with Crippen molar-refractivity contribution in [2.24, 2.45) is 11.7 Å². The number of hydrogen-bond donors (Lipinski definition) is 2. The number of thioether (sulfide) groups is 1. The van der Waals surface area contributed by atoms with Crippen LogP contribution in [0.4, 0.5) is 4.79 Å². The average Bonchev–Trinajstić information content (AvgIpc) is 2.25. The van der Waals surface area contributed by atoms with Gasteiger partial charge < -0.3 is 20.3 Å². The van der Waals surface area contributed by atoms with Crippen LogP contribution < -0.4 is 5.73 Å². The van der Waals surface area contributed by atoms with Gasteiger partial charge in [-0.3, -0.25) is 9.59 Å². The lowest BCUT2D eigenvalue weighted by atomic mass is 10.2.